The lowest BCUT2D eigenvalue weighted by Crippen LogP contribution is -2.44. The van der Waals surface area contributed by atoms with Crippen molar-refractivity contribution in [2.75, 3.05) is 26.0 Å². The molecule has 0 aromatic heterocycles. The van der Waals surface area contributed by atoms with Gasteiger partial charge in [-0.1, -0.05) is 0 Å². The van der Waals surface area contributed by atoms with Crippen molar-refractivity contribution in [3.8, 4) is 0 Å². The fourth-order valence-corrected chi connectivity index (χ4v) is 2.70. The summed E-state index contributed by atoms with van der Waals surface area (Å²) in [6.07, 6.45) is 1.50. The number of carbonyl (C=O) groups excluding carboxylic acids is 1. The average Bonchev–Trinajstić information content (AvgIpc) is 2.17. The van der Waals surface area contributed by atoms with Crippen molar-refractivity contribution in [1.82, 2.24) is 10.0 Å². The molecule has 0 amide bonds. The second kappa shape index (κ2) is 5.43. The summed E-state index contributed by atoms with van der Waals surface area (Å²) in [5.41, 5.74) is 0. The fraction of sp³-hybridized carbons (Fsp3) is 0.875. The highest BCUT2D eigenvalue weighted by Crippen LogP contribution is 2.04. The van der Waals surface area contributed by atoms with Crippen LogP contribution in [-0.4, -0.2) is 46.4 Å². The molecule has 88 valence electrons. The van der Waals surface area contributed by atoms with E-state index in [1.165, 1.54) is 7.11 Å². The third kappa shape index (κ3) is 4.59. The highest BCUT2D eigenvalue weighted by molar-refractivity contribution is 7.90. The van der Waals surface area contributed by atoms with Gasteiger partial charge in [-0.25, -0.2) is 13.1 Å². The van der Waals surface area contributed by atoms with Crippen LogP contribution in [0.2, 0.25) is 0 Å². The molecule has 1 rings (SSSR count). The topological polar surface area (TPSA) is 84.5 Å². The molecule has 0 unspecified atom stereocenters. The molecule has 0 atom stereocenters. The summed E-state index contributed by atoms with van der Waals surface area (Å²) >= 11 is 0. The highest BCUT2D eigenvalue weighted by atomic mass is 32.2. The van der Waals surface area contributed by atoms with Crippen molar-refractivity contribution in [2.24, 2.45) is 0 Å². The summed E-state index contributed by atoms with van der Waals surface area (Å²) in [7, 11) is -2.38. The van der Waals surface area contributed by atoms with Gasteiger partial charge >= 0.3 is 5.97 Å². The van der Waals surface area contributed by atoms with Gasteiger partial charge in [0, 0.05) is 6.04 Å². The van der Waals surface area contributed by atoms with Crippen LogP contribution in [-0.2, 0) is 19.6 Å². The normalized spacial score (nSPS) is 18.7. The molecule has 0 aromatic rings. The van der Waals surface area contributed by atoms with Gasteiger partial charge in [0.05, 0.1) is 7.11 Å². The Hall–Kier alpha value is -0.660. The van der Waals surface area contributed by atoms with E-state index in [9.17, 15) is 13.2 Å². The van der Waals surface area contributed by atoms with Gasteiger partial charge in [-0.2, -0.15) is 0 Å². The van der Waals surface area contributed by atoms with E-state index < -0.39 is 21.7 Å². The van der Waals surface area contributed by atoms with Crippen molar-refractivity contribution in [3.63, 3.8) is 0 Å². The second-order valence-corrected chi connectivity index (χ2v) is 5.23. The van der Waals surface area contributed by atoms with Gasteiger partial charge in [0.25, 0.3) is 0 Å². The van der Waals surface area contributed by atoms with Gasteiger partial charge in [0.1, 0.15) is 0 Å². The maximum atomic E-state index is 11.4. The lowest BCUT2D eigenvalue weighted by atomic mass is 10.1. The number of hydrogen-bond donors (Lipinski definition) is 2. The standard InChI is InChI=1S/C8H16N2O4S/c1-14-8(11)6-15(12,13)10-7-2-4-9-5-3-7/h7,9-10H,2-6H2,1H3. The first-order chi connectivity index (χ1) is 7.03. The predicted octanol–water partition coefficient (Wildman–Crippen LogP) is -1.17. The molecule has 0 bridgehead atoms. The molecule has 1 aliphatic rings. The van der Waals surface area contributed by atoms with Crippen LogP contribution in [0.1, 0.15) is 12.8 Å². The Bertz CT molecular complexity index is 309. The minimum Gasteiger partial charge on any atom is -0.468 e. The molecule has 6 nitrogen and oxygen atoms in total. The fourth-order valence-electron chi connectivity index (χ4n) is 1.45. The van der Waals surface area contributed by atoms with E-state index in [1.807, 2.05) is 0 Å². The Morgan fingerprint density at radius 2 is 2.07 bits per heavy atom. The summed E-state index contributed by atoms with van der Waals surface area (Å²) in [5, 5.41) is 3.13. The maximum absolute atomic E-state index is 11.4. The van der Waals surface area contributed by atoms with Crippen LogP contribution < -0.4 is 10.0 Å². The molecule has 0 radical (unpaired) electrons. The first kappa shape index (κ1) is 12.4. The summed E-state index contributed by atoms with van der Waals surface area (Å²) in [6, 6.07) is -0.0686. The Morgan fingerprint density at radius 1 is 1.47 bits per heavy atom. The van der Waals surface area contributed by atoms with Gasteiger partial charge in [-0.3, -0.25) is 4.79 Å². The lowest BCUT2D eigenvalue weighted by Gasteiger charge is -2.23. The summed E-state index contributed by atoms with van der Waals surface area (Å²) in [6.45, 7) is 1.59. The molecule has 15 heavy (non-hydrogen) atoms. The van der Waals surface area contributed by atoms with Crippen molar-refractivity contribution in [1.29, 1.82) is 0 Å². The Morgan fingerprint density at radius 3 is 2.60 bits per heavy atom. The van der Waals surface area contributed by atoms with E-state index in [4.69, 9.17) is 0 Å². The van der Waals surface area contributed by atoms with Crippen molar-refractivity contribution in [2.45, 2.75) is 18.9 Å². The average molecular weight is 236 g/mol. The number of nitrogens with one attached hydrogen (secondary N) is 2. The number of rotatable bonds is 4. The van der Waals surface area contributed by atoms with Crippen LogP contribution >= 0.6 is 0 Å². The van der Waals surface area contributed by atoms with Gasteiger partial charge in [0.2, 0.25) is 10.0 Å². The zero-order valence-corrected chi connectivity index (χ0v) is 9.47. The third-order valence-corrected chi connectivity index (χ3v) is 3.53. The van der Waals surface area contributed by atoms with Crippen LogP contribution in [0.3, 0.4) is 0 Å². The molecule has 1 aliphatic heterocycles. The predicted molar refractivity (Wildman–Crippen MR) is 54.8 cm³/mol. The van der Waals surface area contributed by atoms with E-state index >= 15 is 0 Å². The van der Waals surface area contributed by atoms with E-state index in [0.717, 1.165) is 25.9 Å². The van der Waals surface area contributed by atoms with E-state index in [-0.39, 0.29) is 6.04 Å². The molecule has 1 saturated heterocycles. The molecule has 1 heterocycles. The molecule has 7 heteroatoms. The molecule has 1 fully saturated rings. The van der Waals surface area contributed by atoms with E-state index in [0.29, 0.717) is 0 Å². The molecule has 0 saturated carbocycles. The van der Waals surface area contributed by atoms with Gasteiger partial charge in [-0.15, -0.1) is 0 Å². The van der Waals surface area contributed by atoms with Gasteiger partial charge in [0.15, 0.2) is 5.75 Å². The molecular formula is C8H16N2O4S. The number of methoxy groups -OCH3 is 1. The summed E-state index contributed by atoms with van der Waals surface area (Å²) in [5.74, 6) is -1.34. The minimum absolute atomic E-state index is 0.0686. The molecule has 0 spiro atoms. The quantitative estimate of drug-likeness (QED) is 0.601. The highest BCUT2D eigenvalue weighted by Gasteiger charge is 2.22. The number of hydrogen-bond acceptors (Lipinski definition) is 5. The Labute approximate surface area is 89.4 Å². The van der Waals surface area contributed by atoms with Crippen LogP contribution in [0.5, 0.6) is 0 Å². The molecule has 0 aliphatic carbocycles. The SMILES string of the molecule is COC(=O)CS(=O)(=O)NC1CCNCC1. The van der Waals surface area contributed by atoms with Crippen LogP contribution in [0.4, 0.5) is 0 Å². The first-order valence-electron chi connectivity index (χ1n) is 4.81. The minimum atomic E-state index is -3.54. The number of esters is 1. The van der Waals surface area contributed by atoms with Gasteiger partial charge in [-0.05, 0) is 25.9 Å². The number of piperidine rings is 1. The zero-order valence-electron chi connectivity index (χ0n) is 8.65. The number of carbonyl (C=O) groups is 1. The third-order valence-electron chi connectivity index (χ3n) is 2.22. The number of ether oxygens (including phenoxy) is 1. The zero-order chi connectivity index (χ0) is 11.3. The van der Waals surface area contributed by atoms with Crippen LogP contribution in [0, 0.1) is 0 Å². The monoisotopic (exact) mass is 236 g/mol. The van der Waals surface area contributed by atoms with E-state index in [2.05, 4.69) is 14.8 Å². The Balaban J connectivity index is 2.44. The van der Waals surface area contributed by atoms with E-state index in [1.54, 1.807) is 0 Å². The van der Waals surface area contributed by atoms with Gasteiger partial charge < -0.3 is 10.1 Å². The summed E-state index contributed by atoms with van der Waals surface area (Å²) in [4.78, 5) is 10.8. The second-order valence-electron chi connectivity index (χ2n) is 3.48. The molecular weight excluding hydrogens is 220 g/mol. The van der Waals surface area contributed by atoms with Crippen LogP contribution in [0.25, 0.3) is 0 Å². The first-order valence-corrected chi connectivity index (χ1v) is 6.46. The summed E-state index contributed by atoms with van der Waals surface area (Å²) < 4.78 is 29.7. The molecule has 2 N–H and O–H groups in total. The maximum Gasteiger partial charge on any atom is 0.322 e. The van der Waals surface area contributed by atoms with Crippen molar-refractivity contribution in [3.05, 3.63) is 0 Å². The van der Waals surface area contributed by atoms with Crippen molar-refractivity contribution >= 4 is 16.0 Å². The number of sulfonamides is 1. The van der Waals surface area contributed by atoms with Crippen LogP contribution in [0.15, 0.2) is 0 Å². The Kier molecular flexibility index (Phi) is 4.49. The smallest absolute Gasteiger partial charge is 0.322 e. The largest absolute Gasteiger partial charge is 0.468 e. The molecule has 0 aromatic carbocycles. The lowest BCUT2D eigenvalue weighted by molar-refractivity contribution is -0.137. The van der Waals surface area contributed by atoms with Crippen molar-refractivity contribution < 1.29 is 17.9 Å².